The van der Waals surface area contributed by atoms with Gasteiger partial charge >= 0.3 is 0 Å². The Labute approximate surface area is 270 Å². The van der Waals surface area contributed by atoms with Crippen LogP contribution in [-0.4, -0.2) is 125 Å². The lowest BCUT2D eigenvalue weighted by Crippen LogP contribution is -2.58. The van der Waals surface area contributed by atoms with Crippen LogP contribution in [0.5, 0.6) is 5.75 Å². The topological polar surface area (TPSA) is 103 Å². The normalized spacial score (nSPS) is 32.4. The number of amides is 3. The van der Waals surface area contributed by atoms with Gasteiger partial charge in [-0.2, -0.15) is 0 Å². The second kappa shape index (κ2) is 12.7. The lowest BCUT2D eigenvalue weighted by molar-refractivity contribution is -0.146. The van der Waals surface area contributed by atoms with Crippen LogP contribution in [0.4, 0.5) is 5.69 Å². The summed E-state index contributed by atoms with van der Waals surface area (Å²) in [6.07, 6.45) is 8.15. The molecule has 0 aromatic heterocycles. The van der Waals surface area contributed by atoms with Gasteiger partial charge in [-0.15, -0.1) is 11.8 Å². The highest BCUT2D eigenvalue weighted by molar-refractivity contribution is 8.02. The molecule has 45 heavy (non-hydrogen) atoms. The molecule has 10 nitrogen and oxygen atoms in total. The maximum absolute atomic E-state index is 14.8. The fraction of sp³-hybridized carbons (Fsp3) is 0.618. The van der Waals surface area contributed by atoms with E-state index in [1.165, 1.54) is 0 Å². The number of aliphatic hydroxyl groups is 1. The molecule has 1 aromatic carbocycles. The molecule has 6 rings (SSSR count). The summed E-state index contributed by atoms with van der Waals surface area (Å²) in [7, 11) is 0. The summed E-state index contributed by atoms with van der Waals surface area (Å²) in [5.41, 5.74) is 0.736. The highest BCUT2D eigenvalue weighted by Gasteiger charge is 2.74. The number of fused-ring (bicyclic) bond motifs is 2. The van der Waals surface area contributed by atoms with Gasteiger partial charge in [0, 0.05) is 49.7 Å². The molecule has 6 atom stereocenters. The first-order chi connectivity index (χ1) is 21.6. The van der Waals surface area contributed by atoms with Crippen LogP contribution in [-0.2, 0) is 19.1 Å². The molecule has 1 unspecified atom stereocenters. The van der Waals surface area contributed by atoms with Gasteiger partial charge in [-0.05, 0) is 44.0 Å². The minimum absolute atomic E-state index is 0.0851. The first-order valence-electron chi connectivity index (χ1n) is 16.3. The Bertz CT molecular complexity index is 1350. The summed E-state index contributed by atoms with van der Waals surface area (Å²) in [6, 6.07) is 6.10. The van der Waals surface area contributed by atoms with Crippen molar-refractivity contribution in [3.8, 4) is 5.75 Å². The second-order valence-electron chi connectivity index (χ2n) is 13.2. The van der Waals surface area contributed by atoms with Crippen LogP contribution in [0.1, 0.15) is 27.7 Å². The molecule has 3 fully saturated rings. The predicted molar refractivity (Wildman–Crippen MR) is 174 cm³/mol. The molecule has 1 spiro atoms. The van der Waals surface area contributed by atoms with Gasteiger partial charge in [-0.1, -0.05) is 38.2 Å². The zero-order chi connectivity index (χ0) is 31.9. The van der Waals surface area contributed by atoms with Crippen molar-refractivity contribution in [2.45, 2.75) is 49.3 Å². The summed E-state index contributed by atoms with van der Waals surface area (Å²) in [5, 5.41) is 10.6. The lowest BCUT2D eigenvalue weighted by atomic mass is 9.74. The van der Waals surface area contributed by atoms with Crippen molar-refractivity contribution < 1.29 is 29.0 Å². The van der Waals surface area contributed by atoms with E-state index >= 15 is 0 Å². The molecule has 11 heteroatoms. The highest BCUT2D eigenvalue weighted by atomic mass is 32.2. The smallest absolute Gasteiger partial charge is 0.247 e. The molecule has 0 radical (unpaired) electrons. The lowest BCUT2D eigenvalue weighted by Gasteiger charge is -2.41. The fourth-order valence-electron chi connectivity index (χ4n) is 7.89. The Morgan fingerprint density at radius 2 is 1.69 bits per heavy atom. The van der Waals surface area contributed by atoms with Crippen LogP contribution >= 0.6 is 11.8 Å². The number of aliphatic hydroxyl groups excluding tert-OH is 1. The first kappa shape index (κ1) is 32.1. The number of likely N-dealkylation sites (tertiary alicyclic amines) is 1. The summed E-state index contributed by atoms with van der Waals surface area (Å²) in [6.45, 7) is 13.3. The summed E-state index contributed by atoms with van der Waals surface area (Å²) < 4.78 is 9.46. The van der Waals surface area contributed by atoms with Crippen molar-refractivity contribution in [1.29, 1.82) is 0 Å². The minimum Gasteiger partial charge on any atom is -0.494 e. The number of thioether (sulfide) groups is 1. The van der Waals surface area contributed by atoms with Crippen molar-refractivity contribution in [1.82, 2.24) is 14.7 Å². The van der Waals surface area contributed by atoms with Crippen molar-refractivity contribution in [2.75, 3.05) is 70.6 Å². The summed E-state index contributed by atoms with van der Waals surface area (Å²) in [5.74, 6) is -1.28. The molecular weight excluding hydrogens is 592 g/mol. The maximum atomic E-state index is 14.8. The van der Waals surface area contributed by atoms with Gasteiger partial charge in [-0.25, -0.2) is 0 Å². The number of anilines is 1. The van der Waals surface area contributed by atoms with E-state index in [-0.39, 0.29) is 30.2 Å². The van der Waals surface area contributed by atoms with Crippen molar-refractivity contribution in [3.05, 3.63) is 48.6 Å². The number of benzene rings is 1. The zero-order valence-electron chi connectivity index (χ0n) is 26.8. The van der Waals surface area contributed by atoms with Gasteiger partial charge in [0.1, 0.15) is 11.8 Å². The Hall–Kier alpha value is -2.86. The molecular formula is C34H46N4O6S. The Balaban J connectivity index is 1.38. The molecule has 1 N–H and O–H groups in total. The Morgan fingerprint density at radius 1 is 0.978 bits per heavy atom. The van der Waals surface area contributed by atoms with Crippen LogP contribution in [0.2, 0.25) is 0 Å². The van der Waals surface area contributed by atoms with Crippen LogP contribution in [0.25, 0.3) is 0 Å². The van der Waals surface area contributed by atoms with Gasteiger partial charge < -0.3 is 29.3 Å². The van der Waals surface area contributed by atoms with Gasteiger partial charge in [-0.3, -0.25) is 19.3 Å². The van der Waals surface area contributed by atoms with E-state index in [1.807, 2.05) is 69.0 Å². The molecule has 3 amide bonds. The Kier molecular flexibility index (Phi) is 9.08. The first-order valence-corrected chi connectivity index (χ1v) is 17.1. The van der Waals surface area contributed by atoms with Gasteiger partial charge in [0.05, 0.1) is 49.1 Å². The fourth-order valence-corrected chi connectivity index (χ4v) is 10.0. The third kappa shape index (κ3) is 5.49. The van der Waals surface area contributed by atoms with Gasteiger partial charge in [0.25, 0.3) is 0 Å². The minimum atomic E-state index is -0.953. The number of hydrogen-bond acceptors (Lipinski definition) is 8. The number of ether oxygens (including phenoxy) is 2. The van der Waals surface area contributed by atoms with Crippen LogP contribution in [0.3, 0.4) is 0 Å². The van der Waals surface area contributed by atoms with Gasteiger partial charge in [0.15, 0.2) is 0 Å². The Morgan fingerprint density at radius 3 is 2.36 bits per heavy atom. The standard InChI is InChI=1S/C34H46N4O6S/c1-5-44-25-10-8-24(9-11-25)37-15-6-12-33(4)27(30(37)40)28-31(41)38(26(22-39)23(2)3)29-32(42)36(14-7-13-34(28,29)45-33)17-16-35-18-20-43-21-19-35/h6-13,23,26-29,39H,5,14-22H2,1-4H3/t26-,27+,28-,29?,33-,34-/m0/s1. The highest BCUT2D eigenvalue weighted by Crippen LogP contribution is 2.66. The SMILES string of the molecule is CCOc1ccc(N2CC=C[C@]3(C)S[C@]45C=CCN(CCN6CCOCC6)C(=O)C4N([C@@H](CO)C(C)C)C(=O)[C@@H]5[C@@H]3C2=O)cc1. The molecule has 0 aliphatic carbocycles. The summed E-state index contributed by atoms with van der Waals surface area (Å²) >= 11 is 1.57. The molecule has 244 valence electrons. The predicted octanol–water partition coefficient (Wildman–Crippen LogP) is 2.42. The van der Waals surface area contributed by atoms with E-state index < -0.39 is 33.4 Å². The van der Waals surface area contributed by atoms with Crippen LogP contribution in [0.15, 0.2) is 48.6 Å². The number of carbonyl (C=O) groups excluding carboxylic acids is 3. The van der Waals surface area contributed by atoms with Crippen molar-refractivity contribution in [3.63, 3.8) is 0 Å². The van der Waals surface area contributed by atoms with Crippen LogP contribution in [0, 0.1) is 17.8 Å². The summed E-state index contributed by atoms with van der Waals surface area (Å²) in [4.78, 5) is 51.7. The molecule has 0 saturated carbocycles. The molecule has 3 saturated heterocycles. The monoisotopic (exact) mass is 638 g/mol. The van der Waals surface area contributed by atoms with Crippen molar-refractivity contribution in [2.24, 2.45) is 17.8 Å². The number of hydrogen-bond donors (Lipinski definition) is 1. The van der Waals surface area contributed by atoms with E-state index in [1.54, 1.807) is 21.6 Å². The molecule has 5 aliphatic rings. The zero-order valence-corrected chi connectivity index (χ0v) is 27.6. The number of morpholine rings is 1. The largest absolute Gasteiger partial charge is 0.494 e. The quantitative estimate of drug-likeness (QED) is 0.412. The number of carbonyl (C=O) groups is 3. The average molecular weight is 639 g/mol. The van der Waals surface area contributed by atoms with Gasteiger partial charge in [0.2, 0.25) is 17.7 Å². The van der Waals surface area contributed by atoms with Crippen molar-refractivity contribution >= 4 is 35.2 Å². The molecule has 0 bridgehead atoms. The van der Waals surface area contributed by atoms with E-state index in [2.05, 4.69) is 17.1 Å². The number of rotatable bonds is 9. The second-order valence-corrected chi connectivity index (χ2v) is 14.9. The van der Waals surface area contributed by atoms with Crippen LogP contribution < -0.4 is 9.64 Å². The average Bonchev–Trinajstić information content (AvgIpc) is 3.29. The number of nitrogens with zero attached hydrogens (tertiary/aromatic N) is 4. The van der Waals surface area contributed by atoms with E-state index in [0.717, 1.165) is 31.1 Å². The van der Waals surface area contributed by atoms with E-state index in [9.17, 15) is 19.5 Å². The molecule has 5 heterocycles. The van der Waals surface area contributed by atoms with E-state index in [4.69, 9.17) is 9.47 Å². The molecule has 1 aromatic rings. The third-order valence-corrected chi connectivity index (χ3v) is 11.9. The maximum Gasteiger partial charge on any atom is 0.247 e. The van der Waals surface area contributed by atoms with E-state index in [0.29, 0.717) is 39.5 Å². The third-order valence-electron chi connectivity index (χ3n) is 10.1. The molecule has 5 aliphatic heterocycles.